The molecule has 4 fully saturated rings. The molecule has 1 aromatic heterocycles. The fourth-order valence-electron chi connectivity index (χ4n) is 8.84. The fourth-order valence-corrected chi connectivity index (χ4v) is 8.84. The maximum atomic E-state index is 13.0. The number of aromatic nitrogens is 3. The summed E-state index contributed by atoms with van der Waals surface area (Å²) in [7, 11) is 0. The lowest BCUT2D eigenvalue weighted by atomic mass is 9.33. The van der Waals surface area contributed by atoms with Crippen LogP contribution in [-0.4, -0.2) is 44.8 Å². The molecule has 4 bridgehead atoms. The first-order valence-corrected chi connectivity index (χ1v) is 13.5. The molecular weight excluding hydrogens is 456 g/mol. The van der Waals surface area contributed by atoms with Gasteiger partial charge in [-0.2, -0.15) is 0 Å². The number of nitrogens with one attached hydrogen (secondary N) is 1. The number of hydrogen-bond acceptors (Lipinski definition) is 6. The molecular formula is C28H42N4O4. The monoisotopic (exact) mass is 498 g/mol. The van der Waals surface area contributed by atoms with Crippen LogP contribution < -0.4 is 5.32 Å². The van der Waals surface area contributed by atoms with Gasteiger partial charge in [0.05, 0.1) is 5.69 Å². The first-order chi connectivity index (χ1) is 16.9. The molecule has 0 radical (unpaired) electrons. The van der Waals surface area contributed by atoms with Gasteiger partial charge >= 0.3 is 0 Å². The van der Waals surface area contributed by atoms with Crippen LogP contribution in [0.3, 0.4) is 0 Å². The predicted octanol–water partition coefficient (Wildman–Crippen LogP) is 4.14. The van der Waals surface area contributed by atoms with Crippen molar-refractivity contribution < 1.29 is 19.2 Å². The SMILES string of the molecule is CC(=O)CC[C@]12CC3(CCC(=O)Cn4cc(C)nn4)CC(CNC(C)=O)(C1)C[C@@](CCC(C)=O)(C3)C2. The minimum absolute atomic E-state index is 0.00522. The number of ketones is 3. The molecule has 2 unspecified atom stereocenters. The van der Waals surface area contributed by atoms with Crippen molar-refractivity contribution in [2.75, 3.05) is 6.54 Å². The minimum atomic E-state index is -0.0416. The molecule has 1 N–H and O–H groups in total. The first kappa shape index (κ1) is 26.7. The average molecular weight is 499 g/mol. The summed E-state index contributed by atoms with van der Waals surface area (Å²) in [6.07, 6.45) is 12.1. The van der Waals surface area contributed by atoms with Gasteiger partial charge in [0.1, 0.15) is 18.1 Å². The Hall–Kier alpha value is -2.38. The van der Waals surface area contributed by atoms with Crippen molar-refractivity contribution in [1.29, 1.82) is 0 Å². The number of rotatable bonds is 13. The van der Waals surface area contributed by atoms with Gasteiger partial charge in [-0.05, 0) is 100 Å². The van der Waals surface area contributed by atoms with Crippen LogP contribution in [0.25, 0.3) is 0 Å². The smallest absolute Gasteiger partial charge is 0.216 e. The van der Waals surface area contributed by atoms with Gasteiger partial charge in [-0.3, -0.25) is 9.59 Å². The Morgan fingerprint density at radius 3 is 1.69 bits per heavy atom. The van der Waals surface area contributed by atoms with Crippen molar-refractivity contribution in [3.05, 3.63) is 11.9 Å². The summed E-state index contributed by atoms with van der Waals surface area (Å²) in [6, 6.07) is 0. The lowest BCUT2D eigenvalue weighted by Crippen LogP contribution is -2.63. The summed E-state index contributed by atoms with van der Waals surface area (Å²) in [4.78, 5) is 49.0. The number of carbonyl (C=O) groups excluding carboxylic acids is 4. The summed E-state index contributed by atoms with van der Waals surface area (Å²) in [5.41, 5.74) is 0.807. The van der Waals surface area contributed by atoms with E-state index in [0.717, 1.165) is 63.5 Å². The summed E-state index contributed by atoms with van der Waals surface area (Å²) < 4.78 is 1.61. The van der Waals surface area contributed by atoms with E-state index < -0.39 is 0 Å². The van der Waals surface area contributed by atoms with Crippen LogP contribution in [0.2, 0.25) is 0 Å². The van der Waals surface area contributed by atoms with Crippen molar-refractivity contribution in [2.45, 2.75) is 111 Å². The predicted molar refractivity (Wildman–Crippen MR) is 135 cm³/mol. The van der Waals surface area contributed by atoms with Gasteiger partial charge in [-0.1, -0.05) is 5.21 Å². The molecule has 1 aromatic rings. The maximum absolute atomic E-state index is 13.0. The first-order valence-electron chi connectivity index (χ1n) is 13.5. The van der Waals surface area contributed by atoms with Crippen LogP contribution in [0.1, 0.15) is 104 Å². The lowest BCUT2D eigenvalue weighted by Gasteiger charge is -2.71. The normalized spacial score (nSPS) is 32.4. The molecule has 8 heteroatoms. The molecule has 4 aliphatic carbocycles. The van der Waals surface area contributed by atoms with Crippen LogP contribution in [0.5, 0.6) is 0 Å². The van der Waals surface area contributed by atoms with E-state index >= 15 is 0 Å². The second-order valence-corrected chi connectivity index (χ2v) is 13.0. The Bertz CT molecular complexity index is 952. The van der Waals surface area contributed by atoms with Crippen LogP contribution in [0, 0.1) is 28.6 Å². The van der Waals surface area contributed by atoms with E-state index in [9.17, 15) is 19.2 Å². The Kier molecular flexibility index (Phi) is 7.28. The van der Waals surface area contributed by atoms with Crippen molar-refractivity contribution >= 4 is 23.3 Å². The quantitative estimate of drug-likeness (QED) is 0.438. The highest BCUT2D eigenvalue weighted by atomic mass is 16.1. The Balaban J connectivity index is 1.61. The zero-order chi connectivity index (χ0) is 26.2. The molecule has 0 aliphatic heterocycles. The van der Waals surface area contributed by atoms with E-state index in [-0.39, 0.29) is 51.5 Å². The summed E-state index contributed by atoms with van der Waals surface area (Å²) in [5, 5.41) is 11.1. The zero-order valence-electron chi connectivity index (χ0n) is 22.5. The molecule has 8 nitrogen and oxygen atoms in total. The number of amides is 1. The second kappa shape index (κ2) is 9.82. The van der Waals surface area contributed by atoms with Gasteiger partial charge in [0, 0.05) is 38.9 Å². The summed E-state index contributed by atoms with van der Waals surface area (Å²) >= 11 is 0. The number of nitrogens with zero attached hydrogens (tertiary/aromatic N) is 3. The van der Waals surface area contributed by atoms with Crippen molar-refractivity contribution in [2.24, 2.45) is 21.7 Å². The largest absolute Gasteiger partial charge is 0.356 e. The van der Waals surface area contributed by atoms with E-state index in [4.69, 9.17) is 0 Å². The molecule has 4 aliphatic rings. The molecule has 0 saturated heterocycles. The third-order valence-electron chi connectivity index (χ3n) is 9.15. The van der Waals surface area contributed by atoms with Crippen molar-refractivity contribution in [3.63, 3.8) is 0 Å². The van der Waals surface area contributed by atoms with E-state index in [1.807, 2.05) is 6.92 Å². The molecule has 4 atom stereocenters. The second-order valence-electron chi connectivity index (χ2n) is 13.0. The van der Waals surface area contributed by atoms with E-state index in [1.165, 1.54) is 0 Å². The third kappa shape index (κ3) is 5.94. The van der Waals surface area contributed by atoms with Gasteiger partial charge in [0.2, 0.25) is 5.91 Å². The molecule has 1 heterocycles. The third-order valence-corrected chi connectivity index (χ3v) is 9.15. The molecule has 4 saturated carbocycles. The van der Waals surface area contributed by atoms with Gasteiger partial charge in [0.25, 0.3) is 0 Å². The van der Waals surface area contributed by atoms with Crippen LogP contribution >= 0.6 is 0 Å². The number of aryl methyl sites for hydroxylation is 1. The van der Waals surface area contributed by atoms with E-state index in [1.54, 1.807) is 31.6 Å². The number of carbonyl (C=O) groups is 4. The highest BCUT2D eigenvalue weighted by molar-refractivity contribution is 5.78. The van der Waals surface area contributed by atoms with E-state index in [0.29, 0.717) is 25.8 Å². The average Bonchev–Trinajstić information content (AvgIpc) is 3.17. The van der Waals surface area contributed by atoms with Gasteiger partial charge < -0.3 is 14.9 Å². The highest BCUT2D eigenvalue weighted by Gasteiger charge is 2.67. The van der Waals surface area contributed by atoms with Gasteiger partial charge in [-0.25, -0.2) is 4.68 Å². The number of hydrogen-bond donors (Lipinski definition) is 1. The Morgan fingerprint density at radius 2 is 1.28 bits per heavy atom. The number of Topliss-reactive ketones (excluding diaryl/α,β-unsaturated/α-hetero) is 3. The minimum Gasteiger partial charge on any atom is -0.356 e. The van der Waals surface area contributed by atoms with Crippen LogP contribution in [-0.2, 0) is 25.7 Å². The molecule has 0 spiro atoms. The molecule has 1 amide bonds. The van der Waals surface area contributed by atoms with Crippen molar-refractivity contribution in [1.82, 2.24) is 20.3 Å². The lowest BCUT2D eigenvalue weighted by molar-refractivity contribution is -0.208. The maximum Gasteiger partial charge on any atom is 0.216 e. The van der Waals surface area contributed by atoms with Gasteiger partial charge in [0.15, 0.2) is 5.78 Å². The standard InChI is InChI=1S/C28H42N4O4/c1-20-11-32(31-30-20)12-24(36)7-10-27-14-25(8-5-21(2)33)13-26(15-27,9-6-22(3)34)17-28(16-25,18-27)19-29-23(4)35/h11H,5-10,12-19H2,1-4H3,(H,29,35)/t25-,26+,27?,28?. The summed E-state index contributed by atoms with van der Waals surface area (Å²) in [5.74, 6) is 0.564. The molecule has 0 aromatic carbocycles. The van der Waals surface area contributed by atoms with Crippen molar-refractivity contribution in [3.8, 4) is 0 Å². The Labute approximate surface area is 214 Å². The molecule has 5 rings (SSSR count). The van der Waals surface area contributed by atoms with E-state index in [2.05, 4.69) is 15.6 Å². The molecule has 198 valence electrons. The molecule has 36 heavy (non-hydrogen) atoms. The fraction of sp³-hybridized carbons (Fsp3) is 0.786. The van der Waals surface area contributed by atoms with Crippen LogP contribution in [0.15, 0.2) is 6.20 Å². The summed E-state index contributed by atoms with van der Waals surface area (Å²) in [6.45, 7) is 7.63. The van der Waals surface area contributed by atoms with Crippen LogP contribution in [0.4, 0.5) is 0 Å². The Morgan fingerprint density at radius 1 is 0.806 bits per heavy atom. The highest BCUT2D eigenvalue weighted by Crippen LogP contribution is 2.76. The van der Waals surface area contributed by atoms with Gasteiger partial charge in [-0.15, -0.1) is 5.10 Å². The zero-order valence-corrected chi connectivity index (χ0v) is 22.5. The topological polar surface area (TPSA) is 111 Å².